The summed E-state index contributed by atoms with van der Waals surface area (Å²) in [6, 6.07) is 3.48. The Morgan fingerprint density at radius 2 is 2.06 bits per heavy atom. The monoisotopic (exact) mass is 258 g/mol. The van der Waals surface area contributed by atoms with Crippen LogP contribution in [0.2, 0.25) is 0 Å². The van der Waals surface area contributed by atoms with Crippen molar-refractivity contribution in [1.29, 1.82) is 0 Å². The summed E-state index contributed by atoms with van der Waals surface area (Å²) in [4.78, 5) is 6.03. The minimum absolute atomic E-state index is 0.102. The van der Waals surface area contributed by atoms with Gasteiger partial charge in [-0.3, -0.25) is 4.90 Å². The van der Waals surface area contributed by atoms with E-state index in [0.29, 0.717) is 11.8 Å². The van der Waals surface area contributed by atoms with Crippen LogP contribution in [0.3, 0.4) is 0 Å². The van der Waals surface area contributed by atoms with Crippen molar-refractivity contribution in [2.75, 3.05) is 13.1 Å². The Balaban J connectivity index is 1.81. The van der Waals surface area contributed by atoms with Crippen molar-refractivity contribution < 1.29 is 18.3 Å². The van der Waals surface area contributed by atoms with E-state index in [4.69, 9.17) is 4.74 Å². The lowest BCUT2D eigenvalue weighted by atomic mass is 10.1. The van der Waals surface area contributed by atoms with E-state index in [0.717, 1.165) is 13.1 Å². The van der Waals surface area contributed by atoms with Gasteiger partial charge in [0.15, 0.2) is 0 Å². The van der Waals surface area contributed by atoms with Crippen molar-refractivity contribution in [3.63, 3.8) is 0 Å². The molecule has 4 nitrogen and oxygen atoms in total. The fourth-order valence-corrected chi connectivity index (χ4v) is 1.76. The normalized spacial score (nSPS) is 17.0. The fourth-order valence-electron chi connectivity index (χ4n) is 1.76. The molecule has 1 fully saturated rings. The Labute approximate surface area is 105 Å². The molecule has 0 unspecified atom stereocenters. The van der Waals surface area contributed by atoms with Gasteiger partial charge >= 0.3 is 6.61 Å². The predicted octanol–water partition coefficient (Wildman–Crippen LogP) is 2.15. The van der Waals surface area contributed by atoms with E-state index in [1.165, 1.54) is 12.3 Å². The molecule has 0 radical (unpaired) electrons. The summed E-state index contributed by atoms with van der Waals surface area (Å²) in [5.41, 5.74) is 0. The number of likely N-dealkylation sites (tertiary alicyclic amines) is 1. The highest BCUT2D eigenvalue weighted by molar-refractivity contribution is 5.23. The lowest BCUT2D eigenvalue weighted by Crippen LogP contribution is -2.56. The SMILES string of the molecule is CC(C)N1CC(Oc2ccc(OC(F)F)nc2)C1. The van der Waals surface area contributed by atoms with Gasteiger partial charge in [-0.25, -0.2) is 4.98 Å². The average molecular weight is 258 g/mol. The topological polar surface area (TPSA) is 34.6 Å². The third-order valence-corrected chi connectivity index (χ3v) is 2.83. The van der Waals surface area contributed by atoms with Crippen LogP contribution < -0.4 is 9.47 Å². The first-order valence-electron chi connectivity index (χ1n) is 5.86. The first kappa shape index (κ1) is 13.0. The molecule has 0 atom stereocenters. The Kier molecular flexibility index (Phi) is 3.96. The second kappa shape index (κ2) is 5.48. The molecule has 2 rings (SSSR count). The van der Waals surface area contributed by atoms with Crippen molar-refractivity contribution in [3.05, 3.63) is 18.3 Å². The molecule has 1 aliphatic rings. The maximum absolute atomic E-state index is 11.9. The van der Waals surface area contributed by atoms with E-state index < -0.39 is 6.61 Å². The van der Waals surface area contributed by atoms with Crippen molar-refractivity contribution in [1.82, 2.24) is 9.88 Å². The van der Waals surface area contributed by atoms with Crippen LogP contribution in [-0.2, 0) is 0 Å². The molecule has 18 heavy (non-hydrogen) atoms. The van der Waals surface area contributed by atoms with Crippen LogP contribution >= 0.6 is 0 Å². The minimum Gasteiger partial charge on any atom is -0.486 e. The van der Waals surface area contributed by atoms with Crippen molar-refractivity contribution in [2.24, 2.45) is 0 Å². The van der Waals surface area contributed by atoms with Gasteiger partial charge in [0.05, 0.1) is 6.20 Å². The standard InChI is InChI=1S/C12H16F2N2O2/c1-8(2)16-6-10(7-16)17-9-3-4-11(15-5-9)18-12(13)14/h3-5,8,10,12H,6-7H2,1-2H3. The van der Waals surface area contributed by atoms with Crippen LogP contribution in [0.25, 0.3) is 0 Å². The molecule has 0 N–H and O–H groups in total. The average Bonchev–Trinajstić information content (AvgIpc) is 2.23. The molecule has 1 saturated heterocycles. The van der Waals surface area contributed by atoms with Crippen molar-refractivity contribution >= 4 is 0 Å². The maximum atomic E-state index is 11.9. The van der Waals surface area contributed by atoms with Gasteiger partial charge in [0.1, 0.15) is 11.9 Å². The van der Waals surface area contributed by atoms with Crippen molar-refractivity contribution in [3.8, 4) is 11.6 Å². The Hall–Kier alpha value is -1.43. The number of rotatable bonds is 5. The summed E-state index contributed by atoms with van der Waals surface area (Å²) in [6.45, 7) is 3.18. The number of ether oxygens (including phenoxy) is 2. The molecule has 0 saturated carbocycles. The summed E-state index contributed by atoms with van der Waals surface area (Å²) in [5, 5.41) is 0. The highest BCUT2D eigenvalue weighted by atomic mass is 19.3. The zero-order chi connectivity index (χ0) is 13.1. The van der Waals surface area contributed by atoms with Crippen LogP contribution in [0.4, 0.5) is 8.78 Å². The van der Waals surface area contributed by atoms with Gasteiger partial charge in [-0.15, -0.1) is 0 Å². The Morgan fingerprint density at radius 1 is 1.33 bits per heavy atom. The number of halogens is 2. The smallest absolute Gasteiger partial charge is 0.388 e. The quantitative estimate of drug-likeness (QED) is 0.810. The predicted molar refractivity (Wildman–Crippen MR) is 62.0 cm³/mol. The summed E-state index contributed by atoms with van der Waals surface area (Å²) in [5.74, 6) is 0.472. The fraction of sp³-hybridized carbons (Fsp3) is 0.583. The number of hydrogen-bond donors (Lipinski definition) is 0. The van der Waals surface area contributed by atoms with Gasteiger partial charge in [0.2, 0.25) is 5.88 Å². The van der Waals surface area contributed by atoms with Crippen LogP contribution in [0.15, 0.2) is 18.3 Å². The molecule has 1 aromatic rings. The Bertz CT molecular complexity index is 378. The number of aromatic nitrogens is 1. The zero-order valence-corrected chi connectivity index (χ0v) is 10.3. The molecule has 0 spiro atoms. The molecule has 0 aromatic carbocycles. The molecule has 1 aromatic heterocycles. The first-order valence-corrected chi connectivity index (χ1v) is 5.86. The number of alkyl halides is 2. The number of hydrogen-bond acceptors (Lipinski definition) is 4. The van der Waals surface area contributed by atoms with Crippen molar-refractivity contribution in [2.45, 2.75) is 32.6 Å². The third-order valence-electron chi connectivity index (χ3n) is 2.83. The van der Waals surface area contributed by atoms with E-state index in [1.807, 2.05) is 0 Å². The van der Waals surface area contributed by atoms with E-state index in [-0.39, 0.29) is 12.0 Å². The van der Waals surface area contributed by atoms with Crippen LogP contribution in [0, 0.1) is 0 Å². The molecule has 0 aliphatic carbocycles. The summed E-state index contributed by atoms with van der Waals surface area (Å²) < 4.78 is 33.6. The number of nitrogens with zero attached hydrogens (tertiary/aromatic N) is 2. The van der Waals surface area contributed by atoms with Crippen LogP contribution in [-0.4, -0.2) is 41.7 Å². The van der Waals surface area contributed by atoms with E-state index in [9.17, 15) is 8.78 Å². The van der Waals surface area contributed by atoms with Gasteiger partial charge in [0, 0.05) is 25.2 Å². The molecule has 0 amide bonds. The van der Waals surface area contributed by atoms with Gasteiger partial charge in [0.25, 0.3) is 0 Å². The second-order valence-electron chi connectivity index (χ2n) is 4.50. The zero-order valence-electron chi connectivity index (χ0n) is 10.3. The lowest BCUT2D eigenvalue weighted by Gasteiger charge is -2.41. The van der Waals surface area contributed by atoms with Gasteiger partial charge < -0.3 is 9.47 Å². The van der Waals surface area contributed by atoms with Gasteiger partial charge in [-0.2, -0.15) is 8.78 Å². The highest BCUT2D eigenvalue weighted by Crippen LogP contribution is 2.21. The second-order valence-corrected chi connectivity index (χ2v) is 4.50. The van der Waals surface area contributed by atoms with Crippen LogP contribution in [0.1, 0.15) is 13.8 Å². The summed E-state index contributed by atoms with van der Waals surface area (Å²) in [7, 11) is 0. The third kappa shape index (κ3) is 3.29. The maximum Gasteiger partial charge on any atom is 0.388 e. The summed E-state index contributed by atoms with van der Waals surface area (Å²) in [6.07, 6.45) is 1.55. The number of pyridine rings is 1. The lowest BCUT2D eigenvalue weighted by molar-refractivity contribution is -0.0530. The molecule has 6 heteroatoms. The molecular formula is C12H16F2N2O2. The van der Waals surface area contributed by atoms with E-state index in [2.05, 4.69) is 28.5 Å². The minimum atomic E-state index is -2.85. The molecule has 0 bridgehead atoms. The molecule has 1 aliphatic heterocycles. The Morgan fingerprint density at radius 3 is 2.56 bits per heavy atom. The van der Waals surface area contributed by atoms with Crippen LogP contribution in [0.5, 0.6) is 11.6 Å². The van der Waals surface area contributed by atoms with E-state index >= 15 is 0 Å². The largest absolute Gasteiger partial charge is 0.486 e. The first-order chi connectivity index (χ1) is 8.54. The summed E-state index contributed by atoms with van der Waals surface area (Å²) >= 11 is 0. The van der Waals surface area contributed by atoms with Gasteiger partial charge in [-0.05, 0) is 19.9 Å². The van der Waals surface area contributed by atoms with E-state index in [1.54, 1.807) is 6.07 Å². The molecule has 100 valence electrons. The van der Waals surface area contributed by atoms with Gasteiger partial charge in [-0.1, -0.05) is 0 Å². The molecular weight excluding hydrogens is 242 g/mol. The highest BCUT2D eigenvalue weighted by Gasteiger charge is 2.30. The molecule has 2 heterocycles.